The highest BCUT2D eigenvalue weighted by Crippen LogP contribution is 2.35. The first-order valence-electron chi connectivity index (χ1n) is 7.82. The van der Waals surface area contributed by atoms with E-state index in [0.29, 0.717) is 23.9 Å². The monoisotopic (exact) mass is 330 g/mol. The summed E-state index contributed by atoms with van der Waals surface area (Å²) in [6, 6.07) is 12.6. The van der Waals surface area contributed by atoms with Gasteiger partial charge < -0.3 is 19.3 Å². The molecule has 0 radical (unpaired) electrons. The summed E-state index contributed by atoms with van der Waals surface area (Å²) in [6.45, 7) is 4.05. The SMILES string of the molecule is CCOc1cc(C(C)O)ccc1Oc1ccccc1CC(=O)OC. The molecule has 2 aromatic rings. The Kier molecular flexibility index (Phi) is 6.21. The molecule has 0 aliphatic carbocycles. The van der Waals surface area contributed by atoms with Gasteiger partial charge >= 0.3 is 5.97 Å². The van der Waals surface area contributed by atoms with Crippen LogP contribution in [0.4, 0.5) is 0 Å². The van der Waals surface area contributed by atoms with Crippen LogP contribution in [-0.2, 0) is 16.0 Å². The maximum absolute atomic E-state index is 11.5. The minimum absolute atomic E-state index is 0.127. The average Bonchev–Trinajstić information content (AvgIpc) is 2.58. The van der Waals surface area contributed by atoms with E-state index in [2.05, 4.69) is 0 Å². The predicted octanol–water partition coefficient (Wildman–Crippen LogP) is 3.65. The Morgan fingerprint density at radius 1 is 1.12 bits per heavy atom. The summed E-state index contributed by atoms with van der Waals surface area (Å²) in [7, 11) is 1.35. The van der Waals surface area contributed by atoms with Crippen LogP contribution in [0.1, 0.15) is 31.1 Å². The number of hydrogen-bond acceptors (Lipinski definition) is 5. The Labute approximate surface area is 141 Å². The number of hydrogen-bond donors (Lipinski definition) is 1. The van der Waals surface area contributed by atoms with E-state index in [9.17, 15) is 9.90 Å². The number of aliphatic hydroxyl groups is 1. The van der Waals surface area contributed by atoms with Crippen molar-refractivity contribution in [1.29, 1.82) is 0 Å². The van der Waals surface area contributed by atoms with Gasteiger partial charge in [-0.2, -0.15) is 0 Å². The van der Waals surface area contributed by atoms with Gasteiger partial charge in [0.25, 0.3) is 0 Å². The summed E-state index contributed by atoms with van der Waals surface area (Å²) in [6.07, 6.45) is -0.465. The van der Waals surface area contributed by atoms with Crippen molar-refractivity contribution >= 4 is 5.97 Å². The summed E-state index contributed by atoms with van der Waals surface area (Å²) >= 11 is 0. The van der Waals surface area contributed by atoms with E-state index in [1.807, 2.05) is 25.1 Å². The number of para-hydroxylation sites is 1. The van der Waals surface area contributed by atoms with Crippen molar-refractivity contribution in [1.82, 2.24) is 0 Å². The van der Waals surface area contributed by atoms with Gasteiger partial charge in [0, 0.05) is 5.56 Å². The van der Waals surface area contributed by atoms with Gasteiger partial charge in [0.1, 0.15) is 5.75 Å². The number of rotatable bonds is 7. The third kappa shape index (κ3) is 4.49. The first kappa shape index (κ1) is 17.8. The second-order valence-electron chi connectivity index (χ2n) is 5.28. The minimum atomic E-state index is -0.593. The largest absolute Gasteiger partial charge is 0.490 e. The van der Waals surface area contributed by atoms with Crippen LogP contribution in [0.3, 0.4) is 0 Å². The van der Waals surface area contributed by atoms with E-state index in [-0.39, 0.29) is 12.4 Å². The summed E-state index contributed by atoms with van der Waals surface area (Å²) in [4.78, 5) is 11.5. The molecule has 2 rings (SSSR count). The molecule has 5 heteroatoms. The summed E-state index contributed by atoms with van der Waals surface area (Å²) in [5.74, 6) is 1.30. The lowest BCUT2D eigenvalue weighted by atomic mass is 10.1. The zero-order valence-electron chi connectivity index (χ0n) is 14.1. The zero-order valence-corrected chi connectivity index (χ0v) is 14.1. The third-order valence-electron chi connectivity index (χ3n) is 3.50. The van der Waals surface area contributed by atoms with E-state index in [0.717, 1.165) is 11.1 Å². The van der Waals surface area contributed by atoms with Gasteiger partial charge in [-0.25, -0.2) is 0 Å². The third-order valence-corrected chi connectivity index (χ3v) is 3.50. The molecule has 128 valence electrons. The van der Waals surface area contributed by atoms with Crippen molar-refractivity contribution in [3.05, 3.63) is 53.6 Å². The normalized spacial score (nSPS) is 11.7. The fourth-order valence-electron chi connectivity index (χ4n) is 2.23. The molecule has 1 N–H and O–H groups in total. The van der Waals surface area contributed by atoms with E-state index in [4.69, 9.17) is 14.2 Å². The number of ether oxygens (including phenoxy) is 3. The lowest BCUT2D eigenvalue weighted by Gasteiger charge is -2.16. The number of methoxy groups -OCH3 is 1. The van der Waals surface area contributed by atoms with Gasteiger partial charge in [0.05, 0.1) is 26.2 Å². The molecule has 0 spiro atoms. The van der Waals surface area contributed by atoms with E-state index in [1.54, 1.807) is 31.2 Å². The van der Waals surface area contributed by atoms with Crippen LogP contribution in [0.5, 0.6) is 17.2 Å². The van der Waals surface area contributed by atoms with Crippen molar-refractivity contribution in [3.63, 3.8) is 0 Å². The van der Waals surface area contributed by atoms with Gasteiger partial charge in [-0.05, 0) is 37.6 Å². The van der Waals surface area contributed by atoms with Crippen molar-refractivity contribution in [2.45, 2.75) is 26.4 Å². The molecule has 0 fully saturated rings. The Bertz CT molecular complexity index is 694. The van der Waals surface area contributed by atoms with Gasteiger partial charge in [0.15, 0.2) is 11.5 Å². The Hall–Kier alpha value is -2.53. The Balaban J connectivity index is 2.32. The second kappa shape index (κ2) is 8.36. The lowest BCUT2D eigenvalue weighted by Crippen LogP contribution is -2.06. The van der Waals surface area contributed by atoms with Crippen molar-refractivity contribution in [2.24, 2.45) is 0 Å². The highest BCUT2D eigenvalue weighted by molar-refractivity contribution is 5.73. The molecular formula is C19H22O5. The Morgan fingerprint density at radius 2 is 1.88 bits per heavy atom. The summed E-state index contributed by atoms with van der Waals surface area (Å²) < 4.78 is 16.3. The molecule has 0 saturated carbocycles. The van der Waals surface area contributed by atoms with Crippen molar-refractivity contribution < 1.29 is 24.1 Å². The van der Waals surface area contributed by atoms with Crippen LogP contribution < -0.4 is 9.47 Å². The quantitative estimate of drug-likeness (QED) is 0.785. The molecule has 0 amide bonds. The maximum atomic E-state index is 11.5. The van der Waals surface area contributed by atoms with Crippen LogP contribution in [-0.4, -0.2) is 24.8 Å². The standard InChI is InChI=1S/C19H22O5/c1-4-23-18-11-14(13(2)20)9-10-17(18)24-16-8-6-5-7-15(16)12-19(21)22-3/h5-11,13,20H,4,12H2,1-3H3. The van der Waals surface area contributed by atoms with Crippen LogP contribution in [0.15, 0.2) is 42.5 Å². The molecule has 0 aliphatic rings. The average molecular weight is 330 g/mol. The van der Waals surface area contributed by atoms with E-state index < -0.39 is 6.10 Å². The fraction of sp³-hybridized carbons (Fsp3) is 0.316. The number of carbonyl (C=O) groups is 1. The highest BCUT2D eigenvalue weighted by atomic mass is 16.5. The highest BCUT2D eigenvalue weighted by Gasteiger charge is 2.14. The molecule has 1 unspecified atom stereocenters. The van der Waals surface area contributed by atoms with Crippen LogP contribution >= 0.6 is 0 Å². The molecule has 0 aromatic heterocycles. The molecule has 0 bridgehead atoms. The van der Waals surface area contributed by atoms with E-state index in [1.165, 1.54) is 7.11 Å². The first-order chi connectivity index (χ1) is 11.5. The minimum Gasteiger partial charge on any atom is -0.490 e. The molecule has 1 atom stereocenters. The second-order valence-corrected chi connectivity index (χ2v) is 5.28. The van der Waals surface area contributed by atoms with Gasteiger partial charge in [-0.1, -0.05) is 24.3 Å². The number of benzene rings is 2. The summed E-state index contributed by atoms with van der Waals surface area (Å²) in [5.41, 5.74) is 1.47. The summed E-state index contributed by atoms with van der Waals surface area (Å²) in [5, 5.41) is 9.72. The van der Waals surface area contributed by atoms with Crippen LogP contribution in [0.25, 0.3) is 0 Å². The molecule has 24 heavy (non-hydrogen) atoms. The van der Waals surface area contributed by atoms with Gasteiger partial charge in [-0.15, -0.1) is 0 Å². The molecule has 0 aliphatic heterocycles. The molecule has 5 nitrogen and oxygen atoms in total. The molecule has 0 saturated heterocycles. The maximum Gasteiger partial charge on any atom is 0.310 e. The van der Waals surface area contributed by atoms with Crippen LogP contribution in [0, 0.1) is 0 Å². The van der Waals surface area contributed by atoms with E-state index >= 15 is 0 Å². The topological polar surface area (TPSA) is 65.0 Å². The van der Waals surface area contributed by atoms with Crippen LogP contribution in [0.2, 0.25) is 0 Å². The predicted molar refractivity (Wildman–Crippen MR) is 90.5 cm³/mol. The fourth-order valence-corrected chi connectivity index (χ4v) is 2.23. The number of carbonyl (C=O) groups excluding carboxylic acids is 1. The first-order valence-corrected chi connectivity index (χ1v) is 7.82. The Morgan fingerprint density at radius 3 is 2.54 bits per heavy atom. The molecule has 0 heterocycles. The zero-order chi connectivity index (χ0) is 17.5. The van der Waals surface area contributed by atoms with Crippen molar-refractivity contribution in [3.8, 4) is 17.2 Å². The van der Waals surface area contributed by atoms with Gasteiger partial charge in [0.2, 0.25) is 0 Å². The number of aliphatic hydroxyl groups excluding tert-OH is 1. The smallest absolute Gasteiger partial charge is 0.310 e. The molecule has 2 aromatic carbocycles. The number of esters is 1. The lowest BCUT2D eigenvalue weighted by molar-refractivity contribution is -0.139. The molecular weight excluding hydrogens is 308 g/mol. The van der Waals surface area contributed by atoms with Crippen molar-refractivity contribution in [2.75, 3.05) is 13.7 Å². The van der Waals surface area contributed by atoms with Gasteiger partial charge in [-0.3, -0.25) is 4.79 Å².